The number of carbonyl (C=O) groups excluding carboxylic acids is 1. The van der Waals surface area contributed by atoms with Crippen molar-refractivity contribution in [3.63, 3.8) is 0 Å². The fourth-order valence-corrected chi connectivity index (χ4v) is 2.07. The number of rotatable bonds is 3. The van der Waals surface area contributed by atoms with Crippen molar-refractivity contribution >= 4 is 5.91 Å². The van der Waals surface area contributed by atoms with Gasteiger partial charge in [-0.3, -0.25) is 4.79 Å². The Kier molecular flexibility index (Phi) is 3.79. The van der Waals surface area contributed by atoms with Crippen LogP contribution in [0.25, 0.3) is 0 Å². The maximum atomic E-state index is 11.8. The highest BCUT2D eigenvalue weighted by atomic mass is 16.5. The van der Waals surface area contributed by atoms with E-state index in [2.05, 4.69) is 37.4 Å². The van der Waals surface area contributed by atoms with Gasteiger partial charge in [0.15, 0.2) is 0 Å². The van der Waals surface area contributed by atoms with Gasteiger partial charge in [-0.2, -0.15) is 0 Å². The molecule has 92 valence electrons. The van der Waals surface area contributed by atoms with Gasteiger partial charge < -0.3 is 10.1 Å². The van der Waals surface area contributed by atoms with Crippen LogP contribution in [0.2, 0.25) is 0 Å². The number of benzene rings is 1. The van der Waals surface area contributed by atoms with Crippen LogP contribution in [-0.2, 0) is 16.1 Å². The summed E-state index contributed by atoms with van der Waals surface area (Å²) in [6.07, 6.45) is 1.60. The monoisotopic (exact) mass is 233 g/mol. The Morgan fingerprint density at radius 3 is 3.00 bits per heavy atom. The van der Waals surface area contributed by atoms with E-state index in [4.69, 9.17) is 4.74 Å². The van der Waals surface area contributed by atoms with Crippen LogP contribution in [0.15, 0.2) is 18.2 Å². The molecule has 3 heteroatoms. The van der Waals surface area contributed by atoms with Gasteiger partial charge in [-0.15, -0.1) is 0 Å². The molecule has 0 radical (unpaired) electrons. The molecule has 0 aromatic heterocycles. The molecule has 1 aliphatic heterocycles. The molecular formula is C14H19NO2. The summed E-state index contributed by atoms with van der Waals surface area (Å²) in [5.74, 6) is 0.0170. The van der Waals surface area contributed by atoms with Crippen molar-refractivity contribution in [3.8, 4) is 0 Å². The third kappa shape index (κ3) is 3.07. The van der Waals surface area contributed by atoms with Gasteiger partial charge in [0.05, 0.1) is 0 Å². The first-order valence-corrected chi connectivity index (χ1v) is 6.12. The van der Waals surface area contributed by atoms with Gasteiger partial charge in [0.1, 0.15) is 6.10 Å². The lowest BCUT2D eigenvalue weighted by Gasteiger charge is -2.12. The minimum atomic E-state index is -0.236. The fourth-order valence-electron chi connectivity index (χ4n) is 2.07. The average molecular weight is 233 g/mol. The van der Waals surface area contributed by atoms with Gasteiger partial charge in [0.25, 0.3) is 0 Å². The number of aryl methyl sites for hydroxylation is 2. The van der Waals surface area contributed by atoms with Gasteiger partial charge in [-0.25, -0.2) is 0 Å². The van der Waals surface area contributed by atoms with Gasteiger partial charge in [-0.05, 0) is 37.8 Å². The predicted octanol–water partition coefficient (Wildman–Crippen LogP) is 2.10. The molecule has 0 aliphatic carbocycles. The lowest BCUT2D eigenvalue weighted by atomic mass is 10.1. The Hall–Kier alpha value is -1.35. The summed E-state index contributed by atoms with van der Waals surface area (Å²) in [4.78, 5) is 11.8. The maximum Gasteiger partial charge on any atom is 0.249 e. The van der Waals surface area contributed by atoms with Gasteiger partial charge in [0.2, 0.25) is 5.91 Å². The number of ether oxygens (including phenoxy) is 1. The molecule has 1 aromatic rings. The maximum absolute atomic E-state index is 11.8. The molecule has 1 aliphatic rings. The molecule has 1 aromatic carbocycles. The molecule has 1 N–H and O–H groups in total. The number of hydrogen-bond acceptors (Lipinski definition) is 2. The van der Waals surface area contributed by atoms with E-state index in [1.807, 2.05) is 0 Å². The van der Waals surface area contributed by atoms with Crippen LogP contribution in [0.4, 0.5) is 0 Å². The lowest BCUT2D eigenvalue weighted by Crippen LogP contribution is -2.33. The van der Waals surface area contributed by atoms with Crippen molar-refractivity contribution in [2.45, 2.75) is 39.3 Å². The number of nitrogens with one attached hydrogen (secondary N) is 1. The van der Waals surface area contributed by atoms with Crippen LogP contribution in [0.5, 0.6) is 0 Å². The summed E-state index contributed by atoms with van der Waals surface area (Å²) in [7, 11) is 0. The van der Waals surface area contributed by atoms with Gasteiger partial charge in [0, 0.05) is 13.2 Å². The van der Waals surface area contributed by atoms with E-state index in [-0.39, 0.29) is 12.0 Å². The first-order chi connectivity index (χ1) is 8.16. The second kappa shape index (κ2) is 5.32. The van der Waals surface area contributed by atoms with Gasteiger partial charge in [-0.1, -0.05) is 23.8 Å². The molecular weight excluding hydrogens is 214 g/mol. The first-order valence-electron chi connectivity index (χ1n) is 6.12. The standard InChI is InChI=1S/C14H19NO2/c1-10-5-6-11(2)12(8-10)9-15-14(16)13-4-3-7-17-13/h5-6,8,13H,3-4,7,9H2,1-2H3,(H,15,16). The summed E-state index contributed by atoms with van der Waals surface area (Å²) < 4.78 is 5.35. The molecule has 0 bridgehead atoms. The molecule has 2 rings (SSSR count). The first kappa shape index (κ1) is 12.1. The minimum Gasteiger partial charge on any atom is -0.368 e. The van der Waals surface area contributed by atoms with Crippen molar-refractivity contribution in [2.75, 3.05) is 6.61 Å². The Morgan fingerprint density at radius 2 is 2.29 bits per heavy atom. The SMILES string of the molecule is Cc1ccc(C)c(CNC(=O)C2CCCO2)c1. The molecule has 1 saturated heterocycles. The Morgan fingerprint density at radius 1 is 1.47 bits per heavy atom. The molecule has 0 saturated carbocycles. The molecule has 0 spiro atoms. The third-order valence-corrected chi connectivity index (χ3v) is 3.18. The van der Waals surface area contributed by atoms with E-state index >= 15 is 0 Å². The average Bonchev–Trinajstić information content (AvgIpc) is 2.83. The van der Waals surface area contributed by atoms with E-state index in [1.165, 1.54) is 16.7 Å². The zero-order valence-electron chi connectivity index (χ0n) is 10.5. The Bertz CT molecular complexity index is 409. The minimum absolute atomic E-state index is 0.0170. The highest BCUT2D eigenvalue weighted by Gasteiger charge is 2.23. The zero-order chi connectivity index (χ0) is 12.3. The van der Waals surface area contributed by atoms with E-state index in [0.717, 1.165) is 12.8 Å². The summed E-state index contributed by atoms with van der Waals surface area (Å²) >= 11 is 0. The van der Waals surface area contributed by atoms with Crippen molar-refractivity contribution in [1.29, 1.82) is 0 Å². The topological polar surface area (TPSA) is 38.3 Å². The van der Waals surface area contributed by atoms with Crippen LogP contribution < -0.4 is 5.32 Å². The molecule has 3 nitrogen and oxygen atoms in total. The third-order valence-electron chi connectivity index (χ3n) is 3.18. The normalized spacial score (nSPS) is 19.3. The molecule has 17 heavy (non-hydrogen) atoms. The smallest absolute Gasteiger partial charge is 0.249 e. The highest BCUT2D eigenvalue weighted by Crippen LogP contribution is 2.13. The van der Waals surface area contributed by atoms with Crippen LogP contribution in [0, 0.1) is 13.8 Å². The second-order valence-electron chi connectivity index (χ2n) is 4.65. The highest BCUT2D eigenvalue weighted by molar-refractivity contribution is 5.80. The Balaban J connectivity index is 1.92. The van der Waals surface area contributed by atoms with Crippen LogP contribution in [0.3, 0.4) is 0 Å². The molecule has 1 heterocycles. The quantitative estimate of drug-likeness (QED) is 0.868. The number of amides is 1. The molecule has 1 amide bonds. The van der Waals surface area contributed by atoms with E-state index in [9.17, 15) is 4.79 Å². The number of carbonyl (C=O) groups is 1. The predicted molar refractivity (Wildman–Crippen MR) is 66.7 cm³/mol. The molecule has 1 unspecified atom stereocenters. The summed E-state index contributed by atoms with van der Waals surface area (Å²) in [6, 6.07) is 6.29. The van der Waals surface area contributed by atoms with Crippen LogP contribution >= 0.6 is 0 Å². The number of hydrogen-bond donors (Lipinski definition) is 1. The van der Waals surface area contributed by atoms with Crippen LogP contribution in [-0.4, -0.2) is 18.6 Å². The Labute approximate surface area is 102 Å². The van der Waals surface area contributed by atoms with Crippen molar-refractivity contribution in [2.24, 2.45) is 0 Å². The second-order valence-corrected chi connectivity index (χ2v) is 4.65. The van der Waals surface area contributed by atoms with E-state index in [0.29, 0.717) is 13.2 Å². The zero-order valence-corrected chi connectivity index (χ0v) is 10.5. The fraction of sp³-hybridized carbons (Fsp3) is 0.500. The van der Waals surface area contributed by atoms with Crippen LogP contribution in [0.1, 0.15) is 29.5 Å². The lowest BCUT2D eigenvalue weighted by molar-refractivity contribution is -0.130. The van der Waals surface area contributed by atoms with Gasteiger partial charge >= 0.3 is 0 Å². The van der Waals surface area contributed by atoms with Crippen molar-refractivity contribution in [3.05, 3.63) is 34.9 Å². The van der Waals surface area contributed by atoms with E-state index in [1.54, 1.807) is 0 Å². The largest absolute Gasteiger partial charge is 0.368 e. The summed E-state index contributed by atoms with van der Waals surface area (Å²) in [5, 5.41) is 2.94. The summed E-state index contributed by atoms with van der Waals surface area (Å²) in [6.45, 7) is 5.42. The van der Waals surface area contributed by atoms with Crippen molar-refractivity contribution in [1.82, 2.24) is 5.32 Å². The summed E-state index contributed by atoms with van der Waals surface area (Å²) in [5.41, 5.74) is 3.61. The van der Waals surface area contributed by atoms with Crippen molar-refractivity contribution < 1.29 is 9.53 Å². The molecule has 1 atom stereocenters. The molecule has 1 fully saturated rings. The van der Waals surface area contributed by atoms with E-state index < -0.39 is 0 Å².